The van der Waals surface area contributed by atoms with Crippen LogP contribution in [0.1, 0.15) is 20.3 Å². The Kier molecular flexibility index (Phi) is 7.05. The number of methoxy groups -OCH3 is 1. The summed E-state index contributed by atoms with van der Waals surface area (Å²) in [5.41, 5.74) is 5.78. The Hall–Kier alpha value is -0.810. The molecule has 5 nitrogen and oxygen atoms in total. The first-order chi connectivity index (χ1) is 8.61. The normalized spacial score (nSPS) is 21.8. The van der Waals surface area contributed by atoms with Crippen LogP contribution in [-0.2, 0) is 4.74 Å². The Morgan fingerprint density at radius 1 is 1.56 bits per heavy atom. The van der Waals surface area contributed by atoms with E-state index < -0.39 is 0 Å². The second-order valence-electron chi connectivity index (χ2n) is 5.45. The quantitative estimate of drug-likeness (QED) is 0.396. The fourth-order valence-electron chi connectivity index (χ4n) is 2.31. The van der Waals surface area contributed by atoms with Gasteiger partial charge >= 0.3 is 0 Å². The molecule has 0 spiro atoms. The molecule has 0 aliphatic carbocycles. The summed E-state index contributed by atoms with van der Waals surface area (Å²) in [7, 11) is 1.68. The monoisotopic (exact) mass is 256 g/mol. The van der Waals surface area contributed by atoms with E-state index in [9.17, 15) is 0 Å². The molecule has 0 radical (unpaired) electrons. The van der Waals surface area contributed by atoms with Gasteiger partial charge in [0.1, 0.15) is 0 Å². The van der Waals surface area contributed by atoms with E-state index >= 15 is 0 Å². The maximum absolute atomic E-state index is 5.78. The molecule has 1 atom stereocenters. The maximum Gasteiger partial charge on any atom is 0.188 e. The molecular weight excluding hydrogens is 228 g/mol. The zero-order valence-electron chi connectivity index (χ0n) is 12.0. The Bertz CT molecular complexity index is 255. The van der Waals surface area contributed by atoms with Crippen molar-refractivity contribution in [3.8, 4) is 0 Å². The first-order valence-electron chi connectivity index (χ1n) is 6.87. The molecule has 0 bridgehead atoms. The van der Waals surface area contributed by atoms with Crippen LogP contribution in [0.4, 0.5) is 0 Å². The standard InChI is InChI=1S/C13H28N4O/c1-11(2)9-17-6-4-12(10-17)8-16-13(14)15-5-7-18-3/h11-12H,4-10H2,1-3H3,(H3,14,15,16). The first-order valence-corrected chi connectivity index (χ1v) is 6.87. The number of hydrogen-bond acceptors (Lipinski definition) is 3. The number of likely N-dealkylation sites (tertiary alicyclic amines) is 1. The minimum absolute atomic E-state index is 0.536. The molecule has 0 saturated carbocycles. The van der Waals surface area contributed by atoms with E-state index in [-0.39, 0.29) is 0 Å². The minimum Gasteiger partial charge on any atom is -0.383 e. The predicted molar refractivity (Wildman–Crippen MR) is 75.8 cm³/mol. The van der Waals surface area contributed by atoms with Gasteiger partial charge in [-0.15, -0.1) is 0 Å². The molecule has 0 amide bonds. The van der Waals surface area contributed by atoms with Gasteiger partial charge in [-0.2, -0.15) is 0 Å². The zero-order chi connectivity index (χ0) is 13.4. The molecule has 18 heavy (non-hydrogen) atoms. The Morgan fingerprint density at radius 2 is 2.33 bits per heavy atom. The predicted octanol–water partition coefficient (Wildman–Crippen LogP) is 0.515. The molecule has 1 saturated heterocycles. The molecule has 1 unspecified atom stereocenters. The number of nitrogens with zero attached hydrogens (tertiary/aromatic N) is 2. The molecule has 1 aliphatic heterocycles. The zero-order valence-corrected chi connectivity index (χ0v) is 12.0. The molecule has 1 fully saturated rings. The highest BCUT2D eigenvalue weighted by Crippen LogP contribution is 2.17. The van der Waals surface area contributed by atoms with Gasteiger partial charge in [0.15, 0.2) is 5.96 Å². The summed E-state index contributed by atoms with van der Waals surface area (Å²) < 4.78 is 4.94. The molecule has 1 heterocycles. The fraction of sp³-hybridized carbons (Fsp3) is 0.923. The third-order valence-electron chi connectivity index (χ3n) is 3.13. The maximum atomic E-state index is 5.78. The number of ether oxygens (including phenoxy) is 1. The minimum atomic E-state index is 0.536. The second kappa shape index (κ2) is 8.32. The van der Waals surface area contributed by atoms with Crippen molar-refractivity contribution >= 4 is 5.96 Å². The van der Waals surface area contributed by atoms with Gasteiger partial charge in [0, 0.05) is 33.3 Å². The van der Waals surface area contributed by atoms with Crippen molar-refractivity contribution < 1.29 is 4.74 Å². The number of hydrogen-bond donors (Lipinski definition) is 2. The van der Waals surface area contributed by atoms with Gasteiger partial charge in [-0.05, 0) is 24.8 Å². The SMILES string of the molecule is COCCNC(N)=NCC1CCN(CC(C)C)C1. The van der Waals surface area contributed by atoms with Crippen LogP contribution in [0.5, 0.6) is 0 Å². The van der Waals surface area contributed by atoms with Crippen LogP contribution >= 0.6 is 0 Å². The van der Waals surface area contributed by atoms with Crippen molar-refractivity contribution in [3.05, 3.63) is 0 Å². The van der Waals surface area contributed by atoms with E-state index in [1.54, 1.807) is 7.11 Å². The average molecular weight is 256 g/mol. The van der Waals surface area contributed by atoms with Gasteiger partial charge in [-0.1, -0.05) is 13.8 Å². The van der Waals surface area contributed by atoms with E-state index in [1.165, 1.54) is 19.5 Å². The topological polar surface area (TPSA) is 62.9 Å². The Balaban J connectivity index is 2.17. The number of nitrogens with two attached hydrogens (primary N) is 1. The summed E-state index contributed by atoms with van der Waals surface area (Å²) in [5.74, 6) is 1.94. The van der Waals surface area contributed by atoms with Crippen molar-refractivity contribution in [3.63, 3.8) is 0 Å². The third-order valence-corrected chi connectivity index (χ3v) is 3.13. The van der Waals surface area contributed by atoms with E-state index in [1.807, 2.05) is 0 Å². The highest BCUT2D eigenvalue weighted by Gasteiger charge is 2.22. The van der Waals surface area contributed by atoms with Crippen LogP contribution in [0.2, 0.25) is 0 Å². The average Bonchev–Trinajstić information content (AvgIpc) is 2.73. The molecular formula is C13H28N4O. The van der Waals surface area contributed by atoms with E-state index in [0.717, 1.165) is 25.6 Å². The lowest BCUT2D eigenvalue weighted by Gasteiger charge is -2.17. The van der Waals surface area contributed by atoms with Crippen LogP contribution in [0.3, 0.4) is 0 Å². The molecule has 0 aromatic heterocycles. The van der Waals surface area contributed by atoms with Gasteiger partial charge in [0.05, 0.1) is 6.61 Å². The summed E-state index contributed by atoms with van der Waals surface area (Å²) in [6, 6.07) is 0. The summed E-state index contributed by atoms with van der Waals surface area (Å²) in [6.07, 6.45) is 1.24. The van der Waals surface area contributed by atoms with Gasteiger partial charge in [0.2, 0.25) is 0 Å². The Morgan fingerprint density at radius 3 is 3.00 bits per heavy atom. The van der Waals surface area contributed by atoms with Gasteiger partial charge in [0.25, 0.3) is 0 Å². The molecule has 0 aromatic carbocycles. The largest absolute Gasteiger partial charge is 0.383 e. The summed E-state index contributed by atoms with van der Waals surface area (Å²) in [5, 5.41) is 3.04. The van der Waals surface area contributed by atoms with Crippen molar-refractivity contribution in [2.45, 2.75) is 20.3 Å². The van der Waals surface area contributed by atoms with E-state index in [2.05, 4.69) is 29.1 Å². The van der Waals surface area contributed by atoms with E-state index in [0.29, 0.717) is 18.5 Å². The highest BCUT2D eigenvalue weighted by atomic mass is 16.5. The fourth-order valence-corrected chi connectivity index (χ4v) is 2.31. The van der Waals surface area contributed by atoms with E-state index in [4.69, 9.17) is 10.5 Å². The molecule has 3 N–H and O–H groups in total. The Labute approximate surface area is 111 Å². The van der Waals surface area contributed by atoms with Crippen molar-refractivity contribution in [1.29, 1.82) is 0 Å². The van der Waals surface area contributed by atoms with Gasteiger partial charge < -0.3 is 20.7 Å². The van der Waals surface area contributed by atoms with Crippen molar-refractivity contribution in [1.82, 2.24) is 10.2 Å². The lowest BCUT2D eigenvalue weighted by Crippen LogP contribution is -2.34. The number of nitrogens with one attached hydrogen (secondary N) is 1. The third kappa shape index (κ3) is 6.21. The number of aliphatic imine (C=N–C) groups is 1. The lowest BCUT2D eigenvalue weighted by atomic mass is 10.1. The van der Waals surface area contributed by atoms with Crippen LogP contribution in [-0.4, -0.2) is 57.3 Å². The first kappa shape index (κ1) is 15.2. The number of guanidine groups is 1. The van der Waals surface area contributed by atoms with Crippen LogP contribution < -0.4 is 11.1 Å². The van der Waals surface area contributed by atoms with Crippen molar-refractivity contribution in [2.75, 3.05) is 46.4 Å². The van der Waals surface area contributed by atoms with Crippen LogP contribution in [0.15, 0.2) is 4.99 Å². The highest BCUT2D eigenvalue weighted by molar-refractivity contribution is 5.77. The molecule has 106 valence electrons. The number of rotatable bonds is 7. The summed E-state index contributed by atoms with van der Waals surface area (Å²) >= 11 is 0. The summed E-state index contributed by atoms with van der Waals surface area (Å²) in [4.78, 5) is 6.92. The smallest absolute Gasteiger partial charge is 0.188 e. The van der Waals surface area contributed by atoms with Gasteiger partial charge in [-0.25, -0.2) is 0 Å². The molecule has 5 heteroatoms. The molecule has 1 aliphatic rings. The lowest BCUT2D eigenvalue weighted by molar-refractivity contribution is 0.204. The van der Waals surface area contributed by atoms with Crippen LogP contribution in [0.25, 0.3) is 0 Å². The summed E-state index contributed by atoms with van der Waals surface area (Å²) in [6.45, 7) is 10.3. The van der Waals surface area contributed by atoms with Crippen LogP contribution in [0, 0.1) is 11.8 Å². The molecule has 0 aromatic rings. The second-order valence-corrected chi connectivity index (χ2v) is 5.45. The van der Waals surface area contributed by atoms with Gasteiger partial charge in [-0.3, -0.25) is 4.99 Å². The molecule has 1 rings (SSSR count). The van der Waals surface area contributed by atoms with Crippen molar-refractivity contribution in [2.24, 2.45) is 22.6 Å².